The summed E-state index contributed by atoms with van der Waals surface area (Å²) >= 11 is 0. The summed E-state index contributed by atoms with van der Waals surface area (Å²) < 4.78 is 5.40. The van der Waals surface area contributed by atoms with Gasteiger partial charge in [-0.05, 0) is 43.2 Å². The average molecular weight is 443 g/mol. The first kappa shape index (κ1) is 22.0. The Morgan fingerprint density at radius 3 is 2.24 bits per heavy atom. The van der Waals surface area contributed by atoms with Crippen molar-refractivity contribution in [3.63, 3.8) is 0 Å². The highest BCUT2D eigenvalue weighted by Gasteiger charge is 2.46. The van der Waals surface area contributed by atoms with E-state index < -0.39 is 35.5 Å². The molecule has 4 rings (SSSR count). The Labute approximate surface area is 190 Å². The van der Waals surface area contributed by atoms with Crippen LogP contribution in [0.3, 0.4) is 0 Å². The zero-order chi connectivity index (χ0) is 23.7. The zero-order valence-corrected chi connectivity index (χ0v) is 18.0. The number of fused-ring (bicyclic) bond motifs is 1. The number of nitrogens with one attached hydrogen (secondary N) is 1. The molecule has 1 heterocycles. The molecule has 0 fully saturated rings. The Morgan fingerprint density at radius 2 is 1.55 bits per heavy atom. The molecule has 2 N–H and O–H groups in total. The Bertz CT molecular complexity index is 1280. The molecular formula is C26H21NO6. The van der Waals surface area contributed by atoms with E-state index >= 15 is 0 Å². The lowest BCUT2D eigenvalue weighted by Gasteiger charge is -2.21. The van der Waals surface area contributed by atoms with Crippen LogP contribution in [-0.4, -0.2) is 28.5 Å². The number of carbonyl (C=O) groups excluding carboxylic acids is 4. The average Bonchev–Trinajstić information content (AvgIpc) is 3.13. The number of para-hydroxylation sites is 2. The van der Waals surface area contributed by atoms with Crippen molar-refractivity contribution in [3.05, 3.63) is 94.5 Å². The highest BCUT2D eigenvalue weighted by molar-refractivity contribution is 6.45. The lowest BCUT2D eigenvalue weighted by molar-refractivity contribution is -0.138. The number of ether oxygens (including phenoxy) is 1. The monoisotopic (exact) mass is 443 g/mol. The molecule has 0 radical (unpaired) electrons. The van der Waals surface area contributed by atoms with Crippen LogP contribution >= 0.6 is 0 Å². The first-order valence-electron chi connectivity index (χ1n) is 10.3. The van der Waals surface area contributed by atoms with Crippen molar-refractivity contribution in [1.82, 2.24) is 0 Å². The molecule has 2 atom stereocenters. The Morgan fingerprint density at radius 1 is 0.909 bits per heavy atom. The van der Waals surface area contributed by atoms with Crippen molar-refractivity contribution in [3.8, 4) is 5.75 Å². The maximum absolute atomic E-state index is 13.4. The predicted molar refractivity (Wildman–Crippen MR) is 120 cm³/mol. The van der Waals surface area contributed by atoms with E-state index in [9.17, 15) is 24.3 Å². The van der Waals surface area contributed by atoms with Crippen LogP contribution in [-0.2, 0) is 14.3 Å². The molecule has 0 saturated carbocycles. The van der Waals surface area contributed by atoms with E-state index in [-0.39, 0.29) is 16.9 Å². The van der Waals surface area contributed by atoms with Crippen molar-refractivity contribution in [1.29, 1.82) is 0 Å². The van der Waals surface area contributed by atoms with Gasteiger partial charge < -0.3 is 15.2 Å². The SMILES string of the molecule is Cc1cccc(C)c1NC(=O)C(=O)[C@H](C(=O)c1ccccc1O)[C@@H]1OC(=O)c2ccccc21. The number of hydrogen-bond acceptors (Lipinski definition) is 6. The topological polar surface area (TPSA) is 110 Å². The fourth-order valence-corrected chi connectivity index (χ4v) is 3.99. The summed E-state index contributed by atoms with van der Waals surface area (Å²) in [5.74, 6) is -5.59. The number of rotatable bonds is 6. The van der Waals surface area contributed by atoms with Gasteiger partial charge in [-0.3, -0.25) is 14.4 Å². The fourth-order valence-electron chi connectivity index (χ4n) is 3.99. The van der Waals surface area contributed by atoms with E-state index in [0.29, 0.717) is 11.3 Å². The second-order valence-electron chi connectivity index (χ2n) is 7.86. The number of ketones is 2. The summed E-state index contributed by atoms with van der Waals surface area (Å²) in [5.41, 5.74) is 2.38. The maximum atomic E-state index is 13.4. The summed E-state index contributed by atoms with van der Waals surface area (Å²) in [6, 6.07) is 17.5. The number of amides is 1. The van der Waals surface area contributed by atoms with Gasteiger partial charge in [0.1, 0.15) is 17.8 Å². The number of aryl methyl sites for hydroxylation is 2. The van der Waals surface area contributed by atoms with E-state index in [1.54, 1.807) is 44.2 Å². The molecule has 7 nitrogen and oxygen atoms in total. The minimum absolute atomic E-state index is 0.142. The molecule has 0 saturated heterocycles. The zero-order valence-electron chi connectivity index (χ0n) is 18.0. The van der Waals surface area contributed by atoms with Gasteiger partial charge in [-0.15, -0.1) is 0 Å². The highest BCUT2D eigenvalue weighted by atomic mass is 16.5. The van der Waals surface area contributed by atoms with E-state index in [1.165, 1.54) is 30.3 Å². The lowest BCUT2D eigenvalue weighted by atomic mass is 9.84. The molecule has 1 aliphatic rings. The van der Waals surface area contributed by atoms with Crippen molar-refractivity contribution in [2.45, 2.75) is 20.0 Å². The molecule has 0 bridgehead atoms. The number of cyclic esters (lactones) is 1. The molecule has 3 aromatic carbocycles. The molecule has 0 spiro atoms. The van der Waals surface area contributed by atoms with Gasteiger partial charge in [0, 0.05) is 11.3 Å². The van der Waals surface area contributed by atoms with Crippen molar-refractivity contribution in [2.24, 2.45) is 5.92 Å². The summed E-state index contributed by atoms with van der Waals surface area (Å²) in [4.78, 5) is 52.2. The number of aromatic hydroxyl groups is 1. The van der Waals surface area contributed by atoms with Gasteiger partial charge in [0.25, 0.3) is 5.91 Å². The second-order valence-corrected chi connectivity index (χ2v) is 7.86. The van der Waals surface area contributed by atoms with Crippen molar-refractivity contribution >= 4 is 29.1 Å². The number of benzene rings is 3. The van der Waals surface area contributed by atoms with Gasteiger partial charge >= 0.3 is 5.97 Å². The predicted octanol–water partition coefficient (Wildman–Crippen LogP) is 3.93. The van der Waals surface area contributed by atoms with Gasteiger partial charge in [0.05, 0.1) is 11.1 Å². The Kier molecular flexibility index (Phi) is 5.79. The molecule has 1 amide bonds. The summed E-state index contributed by atoms with van der Waals surface area (Å²) in [6.07, 6.45) is -1.29. The number of Topliss-reactive ketones (excluding diaryl/α,β-unsaturated/α-hetero) is 2. The van der Waals surface area contributed by atoms with Crippen molar-refractivity contribution < 1.29 is 29.0 Å². The first-order chi connectivity index (χ1) is 15.8. The first-order valence-corrected chi connectivity index (χ1v) is 10.3. The molecule has 0 unspecified atom stereocenters. The van der Waals surface area contributed by atoms with E-state index in [4.69, 9.17) is 4.74 Å². The van der Waals surface area contributed by atoms with Crippen LogP contribution in [0, 0.1) is 19.8 Å². The third-order valence-corrected chi connectivity index (χ3v) is 5.70. The molecule has 3 aromatic rings. The van der Waals surface area contributed by atoms with Crippen molar-refractivity contribution in [2.75, 3.05) is 5.32 Å². The van der Waals surface area contributed by atoms with E-state index in [2.05, 4.69) is 5.32 Å². The van der Waals surface area contributed by atoms with Crippen LogP contribution in [0.25, 0.3) is 0 Å². The third-order valence-electron chi connectivity index (χ3n) is 5.70. The standard InChI is InChI=1S/C26H21NO6/c1-14-8-7-9-15(2)21(14)27-25(31)23(30)20(22(29)18-12-5-6-13-19(18)28)24-16-10-3-4-11-17(16)26(32)33-24/h3-13,20,24,28H,1-2H3,(H,27,31)/t20-,24+/m0/s1. The lowest BCUT2D eigenvalue weighted by Crippen LogP contribution is -2.38. The Hall–Kier alpha value is -4.26. The van der Waals surface area contributed by atoms with Gasteiger partial charge in [0.2, 0.25) is 5.78 Å². The van der Waals surface area contributed by atoms with Crippen LogP contribution in [0.4, 0.5) is 5.69 Å². The fraction of sp³-hybridized carbons (Fsp3) is 0.154. The van der Waals surface area contributed by atoms with Crippen LogP contribution < -0.4 is 5.32 Å². The molecule has 0 aliphatic carbocycles. The molecule has 7 heteroatoms. The number of carbonyl (C=O) groups is 4. The van der Waals surface area contributed by atoms with Gasteiger partial charge in [0.15, 0.2) is 5.78 Å². The third kappa shape index (κ3) is 4.01. The molecule has 33 heavy (non-hydrogen) atoms. The number of phenols is 1. The van der Waals surface area contributed by atoms with Gasteiger partial charge in [-0.25, -0.2) is 4.79 Å². The number of anilines is 1. The summed E-state index contributed by atoms with van der Waals surface area (Å²) in [5, 5.41) is 12.8. The number of esters is 1. The minimum atomic E-state index is -1.67. The molecule has 0 aromatic heterocycles. The normalized spacial score (nSPS) is 15.3. The second kappa shape index (κ2) is 8.70. The van der Waals surface area contributed by atoms with Crippen LogP contribution in [0.15, 0.2) is 66.7 Å². The van der Waals surface area contributed by atoms with Crippen LogP contribution in [0.1, 0.15) is 43.5 Å². The summed E-state index contributed by atoms with van der Waals surface area (Å²) in [6.45, 7) is 3.57. The van der Waals surface area contributed by atoms with Gasteiger partial charge in [-0.1, -0.05) is 48.5 Å². The smallest absolute Gasteiger partial charge is 0.339 e. The maximum Gasteiger partial charge on any atom is 0.339 e. The molecular weight excluding hydrogens is 422 g/mol. The molecule has 166 valence electrons. The van der Waals surface area contributed by atoms with Crippen LogP contribution in [0.5, 0.6) is 5.75 Å². The van der Waals surface area contributed by atoms with E-state index in [0.717, 1.165) is 11.1 Å². The number of hydrogen-bond donors (Lipinski definition) is 2. The Balaban J connectivity index is 1.75. The van der Waals surface area contributed by atoms with Gasteiger partial charge in [-0.2, -0.15) is 0 Å². The number of phenolic OH excluding ortho intramolecular Hbond substituents is 1. The quantitative estimate of drug-likeness (QED) is 0.259. The summed E-state index contributed by atoms with van der Waals surface area (Å²) in [7, 11) is 0. The van der Waals surface area contributed by atoms with E-state index in [1.807, 2.05) is 6.07 Å². The largest absolute Gasteiger partial charge is 0.507 e. The van der Waals surface area contributed by atoms with Crippen LogP contribution in [0.2, 0.25) is 0 Å². The molecule has 1 aliphatic heterocycles. The highest BCUT2D eigenvalue weighted by Crippen LogP contribution is 2.39. The minimum Gasteiger partial charge on any atom is -0.507 e.